The molecule has 1 aromatic carbocycles. The third kappa shape index (κ3) is 2.81. The van der Waals surface area contributed by atoms with Crippen molar-refractivity contribution in [3.8, 4) is 0 Å². The molecule has 3 nitrogen and oxygen atoms in total. The molecule has 1 amide bonds. The van der Waals surface area contributed by atoms with Gasteiger partial charge in [-0.3, -0.25) is 9.69 Å². The molecule has 3 rings (SSSR count). The maximum atomic E-state index is 12.3. The third-order valence-electron chi connectivity index (χ3n) is 3.36. The molecule has 21 heavy (non-hydrogen) atoms. The molecule has 2 heterocycles. The number of benzene rings is 1. The van der Waals surface area contributed by atoms with Gasteiger partial charge in [-0.05, 0) is 54.4 Å². The smallest absolute Gasteiger partial charge is 0.252 e. The summed E-state index contributed by atoms with van der Waals surface area (Å²) in [6.45, 7) is 2.91. The lowest BCUT2D eigenvalue weighted by Gasteiger charge is -2.20. The lowest BCUT2D eigenvalue weighted by molar-refractivity contribution is -0.116. The van der Waals surface area contributed by atoms with E-state index in [0.29, 0.717) is 23.2 Å². The van der Waals surface area contributed by atoms with Crippen molar-refractivity contribution in [2.75, 3.05) is 11.4 Å². The molecular formula is C15H13ClN2OS2. The number of hydrogen-bond donors (Lipinski definition) is 0. The summed E-state index contributed by atoms with van der Waals surface area (Å²) in [7, 11) is 0. The SMILES string of the molecule is Cc1cc(N2C(=O)CN(Cc3cccs3)C2=S)ccc1Cl. The van der Waals surface area contributed by atoms with E-state index in [2.05, 4.69) is 0 Å². The summed E-state index contributed by atoms with van der Waals surface area (Å²) in [4.78, 5) is 17.0. The van der Waals surface area contributed by atoms with E-state index in [0.717, 1.165) is 11.3 Å². The summed E-state index contributed by atoms with van der Waals surface area (Å²) in [6, 6.07) is 9.56. The topological polar surface area (TPSA) is 23.6 Å². The zero-order valence-electron chi connectivity index (χ0n) is 11.4. The second-order valence-electron chi connectivity index (χ2n) is 4.88. The molecule has 0 saturated carbocycles. The molecule has 1 aliphatic rings. The highest BCUT2D eigenvalue weighted by Gasteiger charge is 2.34. The van der Waals surface area contributed by atoms with Crippen LogP contribution in [0.5, 0.6) is 0 Å². The number of aryl methyl sites for hydroxylation is 1. The summed E-state index contributed by atoms with van der Waals surface area (Å²) in [5, 5.41) is 3.26. The van der Waals surface area contributed by atoms with Crippen molar-refractivity contribution in [2.24, 2.45) is 0 Å². The minimum atomic E-state index is -0.00159. The van der Waals surface area contributed by atoms with E-state index in [1.807, 2.05) is 41.5 Å². The monoisotopic (exact) mass is 336 g/mol. The molecule has 1 aliphatic heterocycles. The van der Waals surface area contributed by atoms with Crippen LogP contribution in [0, 0.1) is 6.92 Å². The van der Waals surface area contributed by atoms with Crippen LogP contribution in [0.1, 0.15) is 10.4 Å². The fraction of sp³-hybridized carbons (Fsp3) is 0.200. The first kappa shape index (κ1) is 14.5. The zero-order valence-corrected chi connectivity index (χ0v) is 13.8. The van der Waals surface area contributed by atoms with Crippen LogP contribution >= 0.6 is 35.2 Å². The Hall–Kier alpha value is -1.43. The van der Waals surface area contributed by atoms with Crippen molar-refractivity contribution < 1.29 is 4.79 Å². The van der Waals surface area contributed by atoms with Crippen LogP contribution < -0.4 is 4.90 Å². The number of nitrogens with zero attached hydrogens (tertiary/aromatic N) is 2. The summed E-state index contributed by atoms with van der Waals surface area (Å²) < 4.78 is 0. The van der Waals surface area contributed by atoms with Gasteiger partial charge >= 0.3 is 0 Å². The molecule has 1 saturated heterocycles. The Morgan fingerprint density at radius 1 is 1.38 bits per heavy atom. The van der Waals surface area contributed by atoms with Gasteiger partial charge in [0.15, 0.2) is 5.11 Å². The molecule has 108 valence electrons. The van der Waals surface area contributed by atoms with Gasteiger partial charge in [-0.1, -0.05) is 17.7 Å². The molecule has 0 N–H and O–H groups in total. The minimum absolute atomic E-state index is 0.00159. The minimum Gasteiger partial charge on any atom is -0.334 e. The van der Waals surface area contributed by atoms with Crippen molar-refractivity contribution in [2.45, 2.75) is 13.5 Å². The standard InChI is InChI=1S/C15H13ClN2OS2/c1-10-7-11(4-5-13(10)16)18-14(19)9-17(15(18)20)8-12-3-2-6-21-12/h2-7H,8-9H2,1H3. The lowest BCUT2D eigenvalue weighted by atomic mass is 10.2. The second-order valence-corrected chi connectivity index (χ2v) is 6.69. The summed E-state index contributed by atoms with van der Waals surface area (Å²) in [5.41, 5.74) is 1.71. The van der Waals surface area contributed by atoms with E-state index in [1.165, 1.54) is 4.88 Å². The van der Waals surface area contributed by atoms with Crippen LogP contribution in [0.2, 0.25) is 5.02 Å². The van der Waals surface area contributed by atoms with Gasteiger partial charge in [0, 0.05) is 9.90 Å². The van der Waals surface area contributed by atoms with Crippen LogP contribution in [-0.2, 0) is 11.3 Å². The Labute approximate surface area is 137 Å². The van der Waals surface area contributed by atoms with Crippen LogP contribution in [0.25, 0.3) is 0 Å². The van der Waals surface area contributed by atoms with Crippen molar-refractivity contribution in [1.82, 2.24) is 4.90 Å². The van der Waals surface area contributed by atoms with Gasteiger partial charge in [0.1, 0.15) is 6.54 Å². The van der Waals surface area contributed by atoms with Gasteiger partial charge in [-0.25, -0.2) is 0 Å². The summed E-state index contributed by atoms with van der Waals surface area (Å²) >= 11 is 13.2. The molecular weight excluding hydrogens is 324 g/mol. The van der Waals surface area contributed by atoms with E-state index in [1.54, 1.807) is 22.3 Å². The van der Waals surface area contributed by atoms with Crippen LogP contribution in [0.4, 0.5) is 5.69 Å². The van der Waals surface area contributed by atoms with E-state index in [9.17, 15) is 4.79 Å². The third-order valence-corrected chi connectivity index (χ3v) is 5.09. The predicted molar refractivity (Wildman–Crippen MR) is 91.0 cm³/mol. The maximum absolute atomic E-state index is 12.3. The number of anilines is 1. The number of carbonyl (C=O) groups is 1. The molecule has 0 spiro atoms. The van der Waals surface area contributed by atoms with Crippen LogP contribution in [0.15, 0.2) is 35.7 Å². The van der Waals surface area contributed by atoms with Gasteiger partial charge in [-0.15, -0.1) is 11.3 Å². The number of thiocarbonyl (C=S) groups is 1. The van der Waals surface area contributed by atoms with Crippen molar-refractivity contribution in [3.05, 3.63) is 51.2 Å². The summed E-state index contributed by atoms with van der Waals surface area (Å²) in [6.07, 6.45) is 0. The van der Waals surface area contributed by atoms with E-state index in [-0.39, 0.29) is 5.91 Å². The first-order valence-electron chi connectivity index (χ1n) is 6.46. The van der Waals surface area contributed by atoms with Crippen LogP contribution in [-0.4, -0.2) is 22.5 Å². The number of hydrogen-bond acceptors (Lipinski definition) is 3. The fourth-order valence-corrected chi connectivity index (χ4v) is 3.46. The highest BCUT2D eigenvalue weighted by Crippen LogP contribution is 2.27. The lowest BCUT2D eigenvalue weighted by Crippen LogP contribution is -2.32. The van der Waals surface area contributed by atoms with Gasteiger partial charge in [-0.2, -0.15) is 0 Å². The van der Waals surface area contributed by atoms with E-state index < -0.39 is 0 Å². The molecule has 2 aromatic rings. The molecule has 0 radical (unpaired) electrons. The number of rotatable bonds is 3. The predicted octanol–water partition coefficient (Wildman–Crippen LogP) is 3.84. The van der Waals surface area contributed by atoms with Crippen molar-refractivity contribution in [1.29, 1.82) is 0 Å². The Bertz CT molecular complexity index is 700. The second kappa shape index (κ2) is 5.75. The molecule has 0 bridgehead atoms. The van der Waals surface area contributed by atoms with Gasteiger partial charge in [0.25, 0.3) is 5.91 Å². The van der Waals surface area contributed by atoms with E-state index in [4.69, 9.17) is 23.8 Å². The maximum Gasteiger partial charge on any atom is 0.252 e. The molecule has 0 aliphatic carbocycles. The Balaban J connectivity index is 1.84. The number of carbonyl (C=O) groups excluding carboxylic acids is 1. The van der Waals surface area contributed by atoms with Crippen molar-refractivity contribution in [3.63, 3.8) is 0 Å². The highest BCUT2D eigenvalue weighted by atomic mass is 35.5. The highest BCUT2D eigenvalue weighted by molar-refractivity contribution is 7.80. The quantitative estimate of drug-likeness (QED) is 0.795. The average Bonchev–Trinajstić information content (AvgIpc) is 3.03. The van der Waals surface area contributed by atoms with Crippen molar-refractivity contribution >= 4 is 51.9 Å². The molecule has 0 unspecified atom stereocenters. The average molecular weight is 337 g/mol. The molecule has 0 atom stereocenters. The number of thiophene rings is 1. The number of amides is 1. The largest absolute Gasteiger partial charge is 0.334 e. The van der Waals surface area contributed by atoms with Crippen LogP contribution in [0.3, 0.4) is 0 Å². The molecule has 1 fully saturated rings. The van der Waals surface area contributed by atoms with Gasteiger partial charge < -0.3 is 4.90 Å². The Morgan fingerprint density at radius 3 is 2.86 bits per heavy atom. The van der Waals surface area contributed by atoms with Gasteiger partial charge in [0.05, 0.1) is 12.2 Å². The zero-order chi connectivity index (χ0) is 15.0. The Morgan fingerprint density at radius 2 is 2.19 bits per heavy atom. The molecule has 1 aromatic heterocycles. The Kier molecular flexibility index (Phi) is 3.97. The fourth-order valence-electron chi connectivity index (χ4n) is 2.29. The van der Waals surface area contributed by atoms with E-state index >= 15 is 0 Å². The molecule has 6 heteroatoms. The van der Waals surface area contributed by atoms with Gasteiger partial charge in [0.2, 0.25) is 0 Å². The number of halogens is 1. The summed E-state index contributed by atoms with van der Waals surface area (Å²) in [5.74, 6) is -0.00159. The first-order valence-corrected chi connectivity index (χ1v) is 8.13. The normalized spacial score (nSPS) is 15.1. The first-order chi connectivity index (χ1) is 10.1.